The highest BCUT2D eigenvalue weighted by Gasteiger charge is 2.33. The third-order valence-electron chi connectivity index (χ3n) is 6.26. The van der Waals surface area contributed by atoms with E-state index in [0.717, 1.165) is 38.6 Å². The minimum atomic E-state index is -0.131. The number of hydrogen-bond donors (Lipinski definition) is 2. The molecule has 1 unspecified atom stereocenters. The lowest BCUT2D eigenvalue weighted by atomic mass is 9.92. The summed E-state index contributed by atoms with van der Waals surface area (Å²) in [7, 11) is 0. The van der Waals surface area contributed by atoms with E-state index < -0.39 is 0 Å². The lowest BCUT2D eigenvalue weighted by molar-refractivity contribution is -0.137. The predicted molar refractivity (Wildman–Crippen MR) is 108 cm³/mol. The smallest absolute Gasteiger partial charge is 0.240 e. The largest absolute Gasteiger partial charge is 0.353 e. The fourth-order valence-electron chi connectivity index (χ4n) is 4.60. The monoisotopic (exact) mass is 391 g/mol. The average Bonchev–Trinajstić information content (AvgIpc) is 3.20. The molecule has 0 radical (unpaired) electrons. The number of carbonyl (C=O) groups excluding carboxylic acids is 2. The van der Waals surface area contributed by atoms with Crippen molar-refractivity contribution in [3.63, 3.8) is 0 Å². The fraction of sp³-hybridized carbons (Fsp3) is 0.619. The molecule has 0 bridgehead atoms. The number of carbonyl (C=O) groups is 2. The van der Waals surface area contributed by atoms with Gasteiger partial charge in [0.25, 0.3) is 0 Å². The maximum absolute atomic E-state index is 12.9. The number of hydrogen-bond acceptors (Lipinski definition) is 3. The number of benzene rings is 1. The predicted octanol–water partition coefficient (Wildman–Crippen LogP) is 2.42. The Bertz CT molecular complexity index is 667. The number of piperidine rings is 1. The van der Waals surface area contributed by atoms with Crippen LogP contribution in [0.5, 0.6) is 0 Å². The zero-order valence-corrected chi connectivity index (χ0v) is 16.6. The maximum atomic E-state index is 12.9. The Morgan fingerprint density at radius 1 is 1.00 bits per heavy atom. The number of halogens is 1. The van der Waals surface area contributed by atoms with Crippen molar-refractivity contribution in [2.24, 2.45) is 5.92 Å². The molecule has 1 aliphatic carbocycles. The molecule has 2 amide bonds. The fourth-order valence-corrected chi connectivity index (χ4v) is 4.60. The van der Waals surface area contributed by atoms with E-state index in [2.05, 4.69) is 22.8 Å². The molecule has 4 rings (SSSR count). The molecule has 1 atom stereocenters. The van der Waals surface area contributed by atoms with Crippen LogP contribution in [0, 0.1) is 5.92 Å². The molecule has 27 heavy (non-hydrogen) atoms. The van der Waals surface area contributed by atoms with Gasteiger partial charge in [0.05, 0.1) is 6.04 Å². The Morgan fingerprint density at radius 2 is 1.67 bits per heavy atom. The van der Waals surface area contributed by atoms with Crippen LogP contribution in [-0.2, 0) is 22.6 Å². The van der Waals surface area contributed by atoms with Gasteiger partial charge in [-0.05, 0) is 43.2 Å². The van der Waals surface area contributed by atoms with Gasteiger partial charge in [0.2, 0.25) is 11.8 Å². The highest BCUT2D eigenvalue weighted by molar-refractivity contribution is 5.85. The van der Waals surface area contributed by atoms with Crippen LogP contribution >= 0.6 is 12.4 Å². The standard InChI is InChI=1S/C21H29N3O2.ClH/c25-20(23-18-7-3-4-8-18)15-9-11-24(12-10-15)21(26)19-13-16-5-1-2-6-17(16)14-22-19;/h1-2,5-6,15,18-19,22H,3-4,7-14H2,(H,23,25);1H. The van der Waals surface area contributed by atoms with Crippen LogP contribution in [-0.4, -0.2) is 41.9 Å². The number of amides is 2. The second-order valence-electron chi connectivity index (χ2n) is 8.00. The Labute approximate surface area is 167 Å². The molecule has 1 saturated carbocycles. The summed E-state index contributed by atoms with van der Waals surface area (Å²) in [4.78, 5) is 27.3. The number of likely N-dealkylation sites (tertiary alicyclic amines) is 1. The second-order valence-corrected chi connectivity index (χ2v) is 8.00. The molecular weight excluding hydrogens is 362 g/mol. The normalized spacial score (nSPS) is 23.4. The van der Waals surface area contributed by atoms with Crippen LogP contribution < -0.4 is 10.6 Å². The van der Waals surface area contributed by atoms with Crippen molar-refractivity contribution in [1.82, 2.24) is 15.5 Å². The SMILES string of the molecule is Cl.O=C(NC1CCCC1)C1CCN(C(=O)C2Cc3ccccc3CN2)CC1. The van der Waals surface area contributed by atoms with E-state index in [-0.39, 0.29) is 36.2 Å². The third kappa shape index (κ3) is 4.64. The summed E-state index contributed by atoms with van der Waals surface area (Å²) in [6.45, 7) is 2.15. The summed E-state index contributed by atoms with van der Waals surface area (Å²) in [6, 6.07) is 8.58. The van der Waals surface area contributed by atoms with E-state index in [0.29, 0.717) is 19.1 Å². The van der Waals surface area contributed by atoms with Crippen LogP contribution in [0.15, 0.2) is 24.3 Å². The number of nitrogens with one attached hydrogen (secondary N) is 2. The molecule has 2 aliphatic heterocycles. The molecule has 0 aromatic heterocycles. The molecule has 1 aromatic carbocycles. The van der Waals surface area contributed by atoms with Gasteiger partial charge in [0.1, 0.15) is 0 Å². The molecule has 2 fully saturated rings. The Kier molecular flexibility index (Phi) is 6.77. The molecule has 6 heteroatoms. The first-order chi connectivity index (χ1) is 12.7. The summed E-state index contributed by atoms with van der Waals surface area (Å²) >= 11 is 0. The second kappa shape index (κ2) is 9.07. The van der Waals surface area contributed by atoms with Crippen molar-refractivity contribution >= 4 is 24.2 Å². The minimum Gasteiger partial charge on any atom is -0.353 e. The zero-order valence-electron chi connectivity index (χ0n) is 15.8. The first-order valence-corrected chi connectivity index (χ1v) is 10.1. The Balaban J connectivity index is 0.00000210. The van der Waals surface area contributed by atoms with E-state index in [4.69, 9.17) is 0 Å². The van der Waals surface area contributed by atoms with Gasteiger partial charge in [-0.3, -0.25) is 9.59 Å². The van der Waals surface area contributed by atoms with Gasteiger partial charge in [-0.25, -0.2) is 0 Å². The van der Waals surface area contributed by atoms with Crippen molar-refractivity contribution in [2.45, 2.75) is 63.6 Å². The molecule has 0 spiro atoms. The number of rotatable bonds is 3. The molecule has 148 valence electrons. The average molecular weight is 392 g/mol. The first-order valence-electron chi connectivity index (χ1n) is 10.1. The molecule has 2 heterocycles. The van der Waals surface area contributed by atoms with Crippen LogP contribution in [0.2, 0.25) is 0 Å². The van der Waals surface area contributed by atoms with Gasteiger partial charge < -0.3 is 15.5 Å². The van der Waals surface area contributed by atoms with Crippen LogP contribution in [0.1, 0.15) is 49.7 Å². The van der Waals surface area contributed by atoms with Crippen molar-refractivity contribution in [3.05, 3.63) is 35.4 Å². The van der Waals surface area contributed by atoms with E-state index in [9.17, 15) is 9.59 Å². The van der Waals surface area contributed by atoms with Crippen molar-refractivity contribution in [3.8, 4) is 0 Å². The number of fused-ring (bicyclic) bond motifs is 1. The van der Waals surface area contributed by atoms with Crippen LogP contribution in [0.4, 0.5) is 0 Å². The first kappa shape index (κ1) is 20.2. The number of nitrogens with zero attached hydrogens (tertiary/aromatic N) is 1. The van der Waals surface area contributed by atoms with Crippen molar-refractivity contribution in [2.75, 3.05) is 13.1 Å². The molecule has 1 aromatic rings. The summed E-state index contributed by atoms with van der Waals surface area (Å²) in [5, 5.41) is 6.60. The summed E-state index contributed by atoms with van der Waals surface area (Å²) in [6.07, 6.45) is 7.04. The summed E-state index contributed by atoms with van der Waals surface area (Å²) < 4.78 is 0. The molecule has 1 saturated heterocycles. The quantitative estimate of drug-likeness (QED) is 0.831. The Morgan fingerprint density at radius 3 is 2.37 bits per heavy atom. The Hall–Kier alpha value is -1.59. The minimum absolute atomic E-state index is 0. The van der Waals surface area contributed by atoms with E-state index in [1.54, 1.807) is 0 Å². The van der Waals surface area contributed by atoms with Crippen molar-refractivity contribution in [1.29, 1.82) is 0 Å². The van der Waals surface area contributed by atoms with Gasteiger partial charge in [-0.15, -0.1) is 12.4 Å². The maximum Gasteiger partial charge on any atom is 0.240 e. The molecule has 3 aliphatic rings. The van der Waals surface area contributed by atoms with Gasteiger partial charge in [0.15, 0.2) is 0 Å². The zero-order chi connectivity index (χ0) is 17.9. The summed E-state index contributed by atoms with van der Waals surface area (Å²) in [5.41, 5.74) is 2.56. The van der Waals surface area contributed by atoms with E-state index >= 15 is 0 Å². The van der Waals surface area contributed by atoms with Gasteiger partial charge in [-0.2, -0.15) is 0 Å². The highest BCUT2D eigenvalue weighted by Crippen LogP contribution is 2.23. The molecule has 5 nitrogen and oxygen atoms in total. The van der Waals surface area contributed by atoms with Crippen LogP contribution in [0.25, 0.3) is 0 Å². The summed E-state index contributed by atoms with van der Waals surface area (Å²) in [5.74, 6) is 0.461. The topological polar surface area (TPSA) is 61.4 Å². The van der Waals surface area contributed by atoms with Gasteiger partial charge in [0, 0.05) is 31.6 Å². The van der Waals surface area contributed by atoms with Gasteiger partial charge >= 0.3 is 0 Å². The van der Waals surface area contributed by atoms with E-state index in [1.165, 1.54) is 24.0 Å². The highest BCUT2D eigenvalue weighted by atomic mass is 35.5. The lowest BCUT2D eigenvalue weighted by Crippen LogP contribution is -2.52. The van der Waals surface area contributed by atoms with E-state index in [1.807, 2.05) is 17.0 Å². The third-order valence-corrected chi connectivity index (χ3v) is 6.26. The van der Waals surface area contributed by atoms with Crippen LogP contribution in [0.3, 0.4) is 0 Å². The van der Waals surface area contributed by atoms with Crippen molar-refractivity contribution < 1.29 is 9.59 Å². The lowest BCUT2D eigenvalue weighted by Gasteiger charge is -2.35. The van der Waals surface area contributed by atoms with Gasteiger partial charge in [-0.1, -0.05) is 37.1 Å². The molecule has 2 N–H and O–H groups in total. The molecular formula is C21H30ClN3O2.